The first kappa shape index (κ1) is 22.5. The smallest absolute Gasteiger partial charge is 0.137 e. The van der Waals surface area contributed by atoms with Gasteiger partial charge in [0.2, 0.25) is 0 Å². The standard InChI is InChI=1S/C26H24F2N4O/c1-4-5-6-22(29-3)25-16(2)26(24-21(28)12-19(27)13-23(24)32-25)31-20-11-18(14-30-15-20)17-7-9-33-10-8-17/h4-7,11-15H,3,8-10H2,1-2H3,(H,31,32)/b5-4-,22-6-. The molecule has 0 saturated carbocycles. The molecule has 33 heavy (non-hydrogen) atoms. The average molecular weight is 447 g/mol. The summed E-state index contributed by atoms with van der Waals surface area (Å²) in [5, 5.41) is 3.50. The Morgan fingerprint density at radius 1 is 1.24 bits per heavy atom. The van der Waals surface area contributed by atoms with Crippen LogP contribution in [-0.2, 0) is 4.74 Å². The average Bonchev–Trinajstić information content (AvgIpc) is 2.82. The van der Waals surface area contributed by atoms with E-state index in [1.54, 1.807) is 18.5 Å². The fraction of sp³-hybridized carbons (Fsp3) is 0.192. The Bertz CT molecular complexity index is 1310. The Labute approximate surface area is 191 Å². The van der Waals surface area contributed by atoms with E-state index < -0.39 is 11.6 Å². The van der Waals surface area contributed by atoms with Crippen LogP contribution in [0.4, 0.5) is 20.2 Å². The molecule has 0 bridgehead atoms. The van der Waals surface area contributed by atoms with Gasteiger partial charge in [0.15, 0.2) is 0 Å². The van der Waals surface area contributed by atoms with E-state index in [1.807, 2.05) is 38.1 Å². The van der Waals surface area contributed by atoms with E-state index >= 15 is 0 Å². The maximum Gasteiger partial charge on any atom is 0.137 e. The molecule has 1 N–H and O–H groups in total. The van der Waals surface area contributed by atoms with E-state index in [-0.39, 0.29) is 10.9 Å². The molecule has 1 aliphatic heterocycles. The van der Waals surface area contributed by atoms with Gasteiger partial charge in [-0.2, -0.15) is 0 Å². The van der Waals surface area contributed by atoms with Crippen LogP contribution in [0.25, 0.3) is 22.2 Å². The lowest BCUT2D eigenvalue weighted by molar-refractivity contribution is 0.161. The minimum absolute atomic E-state index is 0.182. The van der Waals surface area contributed by atoms with Crippen molar-refractivity contribution in [2.75, 3.05) is 18.5 Å². The molecule has 5 nitrogen and oxygen atoms in total. The lowest BCUT2D eigenvalue weighted by atomic mass is 10.0. The molecular formula is C26H24F2N4O. The van der Waals surface area contributed by atoms with Crippen molar-refractivity contribution in [2.24, 2.45) is 4.99 Å². The molecule has 2 aromatic heterocycles. The number of allylic oxidation sites excluding steroid dienone is 3. The molecule has 4 rings (SSSR count). The number of ether oxygens (including phenoxy) is 1. The molecule has 3 heterocycles. The molecule has 0 unspecified atom stereocenters. The molecule has 1 aromatic carbocycles. The van der Waals surface area contributed by atoms with Crippen LogP contribution >= 0.6 is 0 Å². The third-order valence-electron chi connectivity index (χ3n) is 5.45. The minimum Gasteiger partial charge on any atom is -0.377 e. The van der Waals surface area contributed by atoms with Crippen molar-refractivity contribution in [2.45, 2.75) is 20.3 Å². The Kier molecular flexibility index (Phi) is 6.70. The minimum atomic E-state index is -0.700. The fourth-order valence-corrected chi connectivity index (χ4v) is 3.82. The summed E-state index contributed by atoms with van der Waals surface area (Å²) in [4.78, 5) is 13.0. The summed E-state index contributed by atoms with van der Waals surface area (Å²) < 4.78 is 34.4. The van der Waals surface area contributed by atoms with Crippen molar-refractivity contribution >= 4 is 40.3 Å². The van der Waals surface area contributed by atoms with E-state index in [0.29, 0.717) is 41.5 Å². The summed E-state index contributed by atoms with van der Waals surface area (Å²) >= 11 is 0. The van der Waals surface area contributed by atoms with Crippen molar-refractivity contribution in [3.8, 4) is 0 Å². The van der Waals surface area contributed by atoms with Gasteiger partial charge >= 0.3 is 0 Å². The van der Waals surface area contributed by atoms with E-state index in [9.17, 15) is 8.78 Å². The first-order valence-corrected chi connectivity index (χ1v) is 10.6. The van der Waals surface area contributed by atoms with Crippen molar-refractivity contribution in [3.63, 3.8) is 0 Å². The van der Waals surface area contributed by atoms with Gasteiger partial charge in [-0.15, -0.1) is 0 Å². The Morgan fingerprint density at radius 2 is 2.09 bits per heavy atom. The second-order valence-corrected chi connectivity index (χ2v) is 7.62. The SMILES string of the molecule is C=N/C(=C\C=C/C)c1nc2cc(F)cc(F)c2c(Nc2cncc(C3=CCOCC3)c2)c1C. The Balaban J connectivity index is 1.88. The van der Waals surface area contributed by atoms with Crippen LogP contribution in [0.3, 0.4) is 0 Å². The monoisotopic (exact) mass is 446 g/mol. The molecule has 7 heteroatoms. The number of anilines is 2. The van der Waals surface area contributed by atoms with Gasteiger partial charge in [-0.1, -0.05) is 18.2 Å². The zero-order chi connectivity index (χ0) is 23.4. The van der Waals surface area contributed by atoms with Gasteiger partial charge in [0.25, 0.3) is 0 Å². The Morgan fingerprint density at radius 3 is 2.82 bits per heavy atom. The van der Waals surface area contributed by atoms with Crippen LogP contribution in [0.5, 0.6) is 0 Å². The highest BCUT2D eigenvalue weighted by atomic mass is 19.1. The molecule has 3 aromatic rings. The lowest BCUT2D eigenvalue weighted by Gasteiger charge is -2.18. The van der Waals surface area contributed by atoms with Crippen LogP contribution in [-0.4, -0.2) is 29.9 Å². The molecule has 0 amide bonds. The van der Waals surface area contributed by atoms with Gasteiger partial charge in [-0.25, -0.2) is 13.8 Å². The molecule has 1 aliphatic rings. The first-order chi connectivity index (χ1) is 16.0. The number of aliphatic imine (C=N–C) groups is 1. The number of fused-ring (bicyclic) bond motifs is 1. The third kappa shape index (κ3) is 4.73. The van der Waals surface area contributed by atoms with E-state index in [4.69, 9.17) is 4.74 Å². The van der Waals surface area contributed by atoms with E-state index in [0.717, 1.165) is 23.6 Å². The van der Waals surface area contributed by atoms with E-state index in [1.165, 1.54) is 6.07 Å². The number of rotatable bonds is 6. The summed E-state index contributed by atoms with van der Waals surface area (Å²) in [7, 11) is 0. The second-order valence-electron chi connectivity index (χ2n) is 7.62. The van der Waals surface area contributed by atoms with Gasteiger partial charge in [0.05, 0.1) is 53.1 Å². The van der Waals surface area contributed by atoms with Crippen LogP contribution in [0.15, 0.2) is 59.9 Å². The summed E-state index contributed by atoms with van der Waals surface area (Å²) in [5.41, 5.74) is 5.09. The molecule has 0 saturated heterocycles. The van der Waals surface area contributed by atoms with Gasteiger partial charge in [0, 0.05) is 23.9 Å². The van der Waals surface area contributed by atoms with Crippen molar-refractivity contribution in [1.82, 2.24) is 9.97 Å². The zero-order valence-electron chi connectivity index (χ0n) is 18.5. The maximum atomic E-state index is 15.0. The van der Waals surface area contributed by atoms with Gasteiger partial charge < -0.3 is 10.1 Å². The predicted molar refractivity (Wildman–Crippen MR) is 130 cm³/mol. The highest BCUT2D eigenvalue weighted by Crippen LogP contribution is 2.36. The summed E-state index contributed by atoms with van der Waals surface area (Å²) in [6, 6.07) is 4.03. The third-order valence-corrected chi connectivity index (χ3v) is 5.45. The van der Waals surface area contributed by atoms with Crippen LogP contribution < -0.4 is 5.32 Å². The molecule has 0 fully saturated rings. The quantitative estimate of drug-likeness (QED) is 0.353. The van der Waals surface area contributed by atoms with Crippen LogP contribution in [0.1, 0.15) is 30.2 Å². The number of nitrogens with one attached hydrogen (secondary N) is 1. The van der Waals surface area contributed by atoms with E-state index in [2.05, 4.69) is 27.0 Å². The molecule has 0 spiro atoms. The molecule has 0 atom stereocenters. The predicted octanol–water partition coefficient (Wildman–Crippen LogP) is 6.38. The molecule has 168 valence electrons. The number of halogens is 2. The normalized spacial score (nSPS) is 14.5. The van der Waals surface area contributed by atoms with Crippen LogP contribution in [0.2, 0.25) is 0 Å². The number of benzene rings is 1. The van der Waals surface area contributed by atoms with Crippen LogP contribution in [0, 0.1) is 18.6 Å². The summed E-state index contributed by atoms with van der Waals surface area (Å²) in [6.07, 6.45) is 11.7. The maximum absolute atomic E-state index is 15.0. The molecular weight excluding hydrogens is 422 g/mol. The highest BCUT2D eigenvalue weighted by molar-refractivity contribution is 5.97. The van der Waals surface area contributed by atoms with Gasteiger partial charge in [0.1, 0.15) is 11.6 Å². The fourth-order valence-electron chi connectivity index (χ4n) is 3.82. The molecule has 0 radical (unpaired) electrons. The number of aromatic nitrogens is 2. The van der Waals surface area contributed by atoms with Crippen molar-refractivity contribution in [1.29, 1.82) is 0 Å². The zero-order valence-corrected chi connectivity index (χ0v) is 18.5. The number of hydrogen-bond donors (Lipinski definition) is 1. The van der Waals surface area contributed by atoms with Gasteiger partial charge in [-0.05, 0) is 50.3 Å². The lowest BCUT2D eigenvalue weighted by Crippen LogP contribution is -2.05. The molecule has 0 aliphatic carbocycles. The van der Waals surface area contributed by atoms with Gasteiger partial charge in [-0.3, -0.25) is 9.98 Å². The second kappa shape index (κ2) is 9.83. The van der Waals surface area contributed by atoms with Crippen molar-refractivity contribution < 1.29 is 13.5 Å². The topological polar surface area (TPSA) is 59.4 Å². The first-order valence-electron chi connectivity index (χ1n) is 10.6. The summed E-state index contributed by atoms with van der Waals surface area (Å²) in [5.74, 6) is -1.40. The number of pyridine rings is 2. The Hall–Kier alpha value is -3.71. The number of nitrogens with zero attached hydrogens (tertiary/aromatic N) is 3. The van der Waals surface area contributed by atoms with Crippen molar-refractivity contribution in [3.05, 3.63) is 83.4 Å². The summed E-state index contributed by atoms with van der Waals surface area (Å²) in [6.45, 7) is 8.56. The highest BCUT2D eigenvalue weighted by Gasteiger charge is 2.19. The number of hydrogen-bond acceptors (Lipinski definition) is 5. The largest absolute Gasteiger partial charge is 0.377 e.